The maximum absolute atomic E-state index is 12.3. The zero-order valence-electron chi connectivity index (χ0n) is 15.1. The van der Waals surface area contributed by atoms with E-state index < -0.39 is 20.9 Å². The minimum absolute atomic E-state index is 0.107. The minimum Gasteiger partial charge on any atom is -0.301 e. The van der Waals surface area contributed by atoms with E-state index in [2.05, 4.69) is 4.98 Å². The number of hydrogen-bond donors (Lipinski definition) is 1. The number of imidazole rings is 1. The van der Waals surface area contributed by atoms with Gasteiger partial charge < -0.3 is 4.57 Å². The number of nitro benzene ring substituents is 1. The van der Waals surface area contributed by atoms with Crippen LogP contribution in [0, 0.1) is 17.0 Å². The van der Waals surface area contributed by atoms with Crippen LogP contribution in [0.25, 0.3) is 5.69 Å². The number of rotatable bonds is 8. The molecule has 0 radical (unpaired) electrons. The van der Waals surface area contributed by atoms with Gasteiger partial charge in [-0.25, -0.2) is 18.1 Å². The van der Waals surface area contributed by atoms with E-state index in [0.717, 1.165) is 18.9 Å². The first kappa shape index (κ1) is 22.1. The third-order valence-corrected chi connectivity index (χ3v) is 5.78. The Labute approximate surface area is 171 Å². The number of amides is 1. The van der Waals surface area contributed by atoms with Crippen LogP contribution in [0.2, 0.25) is 10.0 Å². The number of unbranched alkanes of at least 4 members (excludes halogenated alkanes) is 2. The fourth-order valence-electron chi connectivity index (χ4n) is 2.46. The number of nitro groups is 1. The van der Waals surface area contributed by atoms with Crippen molar-refractivity contribution in [2.24, 2.45) is 0 Å². The van der Waals surface area contributed by atoms with Gasteiger partial charge in [0.1, 0.15) is 16.5 Å². The number of carbonyl (C=O) groups is 1. The number of halogens is 2. The third kappa shape index (κ3) is 5.21. The van der Waals surface area contributed by atoms with Crippen LogP contribution in [0.1, 0.15) is 42.5 Å². The van der Waals surface area contributed by atoms with Gasteiger partial charge in [-0.3, -0.25) is 14.9 Å². The van der Waals surface area contributed by atoms with E-state index in [0.29, 0.717) is 6.42 Å². The number of benzene rings is 1. The summed E-state index contributed by atoms with van der Waals surface area (Å²) in [5, 5.41) is 11.1. The first-order valence-corrected chi connectivity index (χ1v) is 10.7. The predicted molar refractivity (Wildman–Crippen MR) is 106 cm³/mol. The van der Waals surface area contributed by atoms with Gasteiger partial charge in [-0.15, -0.1) is 0 Å². The molecule has 0 aliphatic carbocycles. The van der Waals surface area contributed by atoms with Crippen molar-refractivity contribution in [3.63, 3.8) is 0 Å². The molecule has 0 aliphatic rings. The van der Waals surface area contributed by atoms with Crippen LogP contribution in [0.4, 0.5) is 5.69 Å². The minimum atomic E-state index is -3.78. The number of aryl methyl sites for hydroxylation is 1. The fraction of sp³-hybridized carbons (Fsp3) is 0.375. The van der Waals surface area contributed by atoms with Crippen molar-refractivity contribution in [3.8, 4) is 5.69 Å². The van der Waals surface area contributed by atoms with Crippen molar-refractivity contribution >= 4 is 44.8 Å². The number of sulfonamides is 1. The molecule has 0 bridgehead atoms. The summed E-state index contributed by atoms with van der Waals surface area (Å²) < 4.78 is 27.3. The number of aromatic nitrogens is 2. The van der Waals surface area contributed by atoms with E-state index in [1.54, 1.807) is 6.92 Å². The number of carbonyl (C=O) groups excluding carboxylic acids is 1. The molecule has 0 spiro atoms. The molecule has 2 aromatic rings. The second-order valence-electron chi connectivity index (χ2n) is 6.01. The lowest BCUT2D eigenvalue weighted by atomic mass is 10.2. The summed E-state index contributed by atoms with van der Waals surface area (Å²) in [5.41, 5.74) is -0.337. The van der Waals surface area contributed by atoms with Gasteiger partial charge in [-0.1, -0.05) is 43.0 Å². The summed E-state index contributed by atoms with van der Waals surface area (Å²) in [6.07, 6.45) is 3.28. The molecular weight excluding hydrogens is 431 g/mol. The molecule has 1 aromatic carbocycles. The first-order valence-electron chi connectivity index (χ1n) is 8.30. The highest BCUT2D eigenvalue weighted by Crippen LogP contribution is 2.33. The van der Waals surface area contributed by atoms with E-state index in [-0.39, 0.29) is 38.7 Å². The molecule has 9 nitrogen and oxygen atoms in total. The molecule has 0 fully saturated rings. The summed E-state index contributed by atoms with van der Waals surface area (Å²) in [5.74, 6) is -0.772. The second kappa shape index (κ2) is 8.89. The van der Waals surface area contributed by atoms with E-state index in [4.69, 9.17) is 23.2 Å². The Hall–Kier alpha value is -2.17. The van der Waals surface area contributed by atoms with Crippen molar-refractivity contribution < 1.29 is 18.1 Å². The van der Waals surface area contributed by atoms with Gasteiger partial charge in [-0.05, 0) is 19.4 Å². The molecule has 0 saturated carbocycles. The van der Waals surface area contributed by atoms with Gasteiger partial charge >= 0.3 is 0 Å². The van der Waals surface area contributed by atoms with Crippen molar-refractivity contribution in [2.75, 3.05) is 5.75 Å². The van der Waals surface area contributed by atoms with Crippen LogP contribution in [0.5, 0.6) is 0 Å². The Bertz CT molecular complexity index is 1020. The predicted octanol–water partition coefficient (Wildman–Crippen LogP) is 3.65. The Morgan fingerprint density at radius 3 is 2.57 bits per heavy atom. The summed E-state index contributed by atoms with van der Waals surface area (Å²) in [6, 6.07) is 2.37. The van der Waals surface area contributed by atoms with E-state index in [9.17, 15) is 23.3 Å². The average Bonchev–Trinajstić information content (AvgIpc) is 2.96. The quantitative estimate of drug-likeness (QED) is 0.373. The van der Waals surface area contributed by atoms with Crippen molar-refractivity contribution in [2.45, 2.75) is 33.1 Å². The van der Waals surface area contributed by atoms with Gasteiger partial charge in [0.15, 0.2) is 0 Å². The summed E-state index contributed by atoms with van der Waals surface area (Å²) in [4.78, 5) is 26.7. The molecule has 0 atom stereocenters. The molecule has 1 amide bonds. The first-order chi connectivity index (χ1) is 13.1. The molecule has 0 saturated heterocycles. The molecule has 28 heavy (non-hydrogen) atoms. The van der Waals surface area contributed by atoms with Crippen LogP contribution in [-0.2, 0) is 10.0 Å². The SMILES string of the molecule is CCCCCS(=O)(=O)NC(=O)c1cn(-c2cc([N+](=O)[O-])c(Cl)cc2Cl)c(C)n1. The molecule has 12 heteroatoms. The number of nitrogens with zero attached hydrogens (tertiary/aromatic N) is 3. The summed E-state index contributed by atoms with van der Waals surface area (Å²) in [7, 11) is -3.78. The van der Waals surface area contributed by atoms with Crippen LogP contribution < -0.4 is 4.72 Å². The highest BCUT2D eigenvalue weighted by atomic mass is 35.5. The van der Waals surface area contributed by atoms with Crippen LogP contribution in [-0.4, -0.2) is 34.6 Å². The molecular formula is C16H18Cl2N4O5S. The molecule has 0 unspecified atom stereocenters. The topological polar surface area (TPSA) is 124 Å². The average molecular weight is 449 g/mol. The number of nitrogens with one attached hydrogen (secondary N) is 1. The lowest BCUT2D eigenvalue weighted by molar-refractivity contribution is -0.384. The lowest BCUT2D eigenvalue weighted by Crippen LogP contribution is -2.32. The lowest BCUT2D eigenvalue weighted by Gasteiger charge is -2.08. The normalized spacial score (nSPS) is 11.4. The van der Waals surface area contributed by atoms with Gasteiger partial charge in [-0.2, -0.15) is 0 Å². The fourth-order valence-corrected chi connectivity index (χ4v) is 4.08. The molecule has 1 aromatic heterocycles. The van der Waals surface area contributed by atoms with E-state index in [1.165, 1.54) is 16.8 Å². The Morgan fingerprint density at radius 2 is 1.96 bits per heavy atom. The van der Waals surface area contributed by atoms with Gasteiger partial charge in [0.05, 0.1) is 21.4 Å². The second-order valence-corrected chi connectivity index (χ2v) is 8.67. The van der Waals surface area contributed by atoms with Crippen LogP contribution in [0.3, 0.4) is 0 Å². The third-order valence-electron chi connectivity index (χ3n) is 3.85. The highest BCUT2D eigenvalue weighted by molar-refractivity contribution is 7.90. The molecule has 1 N–H and O–H groups in total. The molecule has 152 valence electrons. The van der Waals surface area contributed by atoms with Crippen molar-refractivity contribution in [1.82, 2.24) is 14.3 Å². The van der Waals surface area contributed by atoms with E-state index in [1.807, 2.05) is 11.6 Å². The zero-order valence-corrected chi connectivity index (χ0v) is 17.4. The zero-order chi connectivity index (χ0) is 21.1. The van der Waals surface area contributed by atoms with E-state index >= 15 is 0 Å². The monoisotopic (exact) mass is 448 g/mol. The Morgan fingerprint density at radius 1 is 1.29 bits per heavy atom. The number of hydrogen-bond acceptors (Lipinski definition) is 6. The van der Waals surface area contributed by atoms with Crippen molar-refractivity contribution in [1.29, 1.82) is 0 Å². The maximum Gasteiger partial charge on any atom is 0.290 e. The highest BCUT2D eigenvalue weighted by Gasteiger charge is 2.22. The van der Waals surface area contributed by atoms with Gasteiger partial charge in [0.2, 0.25) is 10.0 Å². The smallest absolute Gasteiger partial charge is 0.290 e. The Kier molecular flexibility index (Phi) is 7.02. The largest absolute Gasteiger partial charge is 0.301 e. The van der Waals surface area contributed by atoms with Gasteiger partial charge in [0, 0.05) is 12.3 Å². The summed E-state index contributed by atoms with van der Waals surface area (Å²) >= 11 is 11.9. The van der Waals surface area contributed by atoms with Crippen LogP contribution >= 0.6 is 23.2 Å². The molecule has 1 heterocycles. The van der Waals surface area contributed by atoms with Crippen LogP contribution in [0.15, 0.2) is 18.3 Å². The maximum atomic E-state index is 12.3. The molecule has 2 rings (SSSR count). The standard InChI is InChI=1S/C16H18Cl2N4O5S/c1-3-4-5-6-28(26,27)20-16(23)13-9-21(10(2)19-13)14-8-15(22(24)25)12(18)7-11(14)17/h7-9H,3-6H2,1-2H3,(H,20,23). The Balaban J connectivity index is 2.32. The summed E-state index contributed by atoms with van der Waals surface area (Å²) in [6.45, 7) is 3.48. The van der Waals surface area contributed by atoms with Crippen molar-refractivity contribution in [3.05, 3.63) is 50.0 Å². The van der Waals surface area contributed by atoms with Gasteiger partial charge in [0.25, 0.3) is 11.6 Å². The molecule has 0 aliphatic heterocycles.